The van der Waals surface area contributed by atoms with E-state index in [9.17, 15) is 9.59 Å². The quantitative estimate of drug-likeness (QED) is 0.749. The Balaban J connectivity index is 2.63. The molecule has 0 bridgehead atoms. The van der Waals surface area contributed by atoms with E-state index in [1.807, 2.05) is 0 Å². The van der Waals surface area contributed by atoms with Gasteiger partial charge in [0, 0.05) is 5.56 Å². The molecule has 0 aliphatic carbocycles. The van der Waals surface area contributed by atoms with Crippen LogP contribution in [0.5, 0.6) is 5.75 Å². The van der Waals surface area contributed by atoms with Gasteiger partial charge in [-0.15, -0.1) is 0 Å². The van der Waals surface area contributed by atoms with Gasteiger partial charge in [-0.3, -0.25) is 14.9 Å². The standard InChI is InChI=1S/C11H12ClNO4/c1-17-10-3-2-7(4-8(10)12)9(14)5-13-6-11(15)16/h2-4,13H,5-6H2,1H3,(H,15,16). The predicted octanol–water partition coefficient (Wildman–Crippen LogP) is 1.21. The van der Waals surface area contributed by atoms with E-state index in [4.69, 9.17) is 21.4 Å². The number of hydrogen-bond acceptors (Lipinski definition) is 4. The first-order valence-corrected chi connectivity index (χ1v) is 5.21. The Kier molecular flexibility index (Phi) is 4.93. The van der Waals surface area contributed by atoms with Gasteiger partial charge in [0.15, 0.2) is 5.78 Å². The monoisotopic (exact) mass is 257 g/mol. The Labute approximate surface area is 103 Å². The third-order valence-electron chi connectivity index (χ3n) is 2.04. The van der Waals surface area contributed by atoms with E-state index >= 15 is 0 Å². The molecule has 0 saturated carbocycles. The number of rotatable bonds is 6. The summed E-state index contributed by atoms with van der Waals surface area (Å²) in [6.45, 7) is -0.301. The molecule has 5 nitrogen and oxygen atoms in total. The summed E-state index contributed by atoms with van der Waals surface area (Å²) in [5, 5.41) is 11.2. The largest absolute Gasteiger partial charge is 0.495 e. The molecule has 1 aromatic rings. The second-order valence-electron chi connectivity index (χ2n) is 3.27. The number of benzene rings is 1. The van der Waals surface area contributed by atoms with Crippen LogP contribution in [-0.4, -0.2) is 37.1 Å². The molecule has 2 N–H and O–H groups in total. The van der Waals surface area contributed by atoms with Crippen LogP contribution in [0.25, 0.3) is 0 Å². The Hall–Kier alpha value is -1.59. The fourth-order valence-electron chi connectivity index (χ4n) is 1.22. The highest BCUT2D eigenvalue weighted by Crippen LogP contribution is 2.24. The van der Waals surface area contributed by atoms with Crippen LogP contribution in [0.1, 0.15) is 10.4 Å². The Morgan fingerprint density at radius 2 is 2.12 bits per heavy atom. The van der Waals surface area contributed by atoms with Crippen LogP contribution < -0.4 is 10.1 Å². The fraction of sp³-hybridized carbons (Fsp3) is 0.273. The van der Waals surface area contributed by atoms with E-state index in [1.165, 1.54) is 13.2 Å². The van der Waals surface area contributed by atoms with Gasteiger partial charge in [0.2, 0.25) is 0 Å². The molecule has 0 fully saturated rings. The lowest BCUT2D eigenvalue weighted by Gasteiger charge is -2.05. The second kappa shape index (κ2) is 6.22. The van der Waals surface area contributed by atoms with Crippen LogP contribution in [0.15, 0.2) is 18.2 Å². The first-order chi connectivity index (χ1) is 8.04. The average molecular weight is 258 g/mol. The van der Waals surface area contributed by atoms with Crippen LogP contribution in [0, 0.1) is 0 Å². The molecule has 0 aliphatic heterocycles. The first-order valence-electron chi connectivity index (χ1n) is 4.84. The topological polar surface area (TPSA) is 75.6 Å². The molecule has 0 unspecified atom stereocenters. The number of carboxylic acid groups (broad SMARTS) is 1. The third kappa shape index (κ3) is 4.05. The van der Waals surface area contributed by atoms with Crippen molar-refractivity contribution in [3.05, 3.63) is 28.8 Å². The molecule has 17 heavy (non-hydrogen) atoms. The number of carbonyl (C=O) groups excluding carboxylic acids is 1. The van der Waals surface area contributed by atoms with Gasteiger partial charge >= 0.3 is 5.97 Å². The highest BCUT2D eigenvalue weighted by atomic mass is 35.5. The molecule has 0 saturated heterocycles. The zero-order valence-corrected chi connectivity index (χ0v) is 9.95. The van der Waals surface area contributed by atoms with Crippen molar-refractivity contribution in [3.63, 3.8) is 0 Å². The molecular formula is C11H12ClNO4. The van der Waals surface area contributed by atoms with Crippen molar-refractivity contribution < 1.29 is 19.4 Å². The van der Waals surface area contributed by atoms with Crippen LogP contribution in [0.4, 0.5) is 0 Å². The van der Waals surface area contributed by atoms with Crippen LogP contribution in [0.3, 0.4) is 0 Å². The highest BCUT2D eigenvalue weighted by Gasteiger charge is 2.09. The summed E-state index contributed by atoms with van der Waals surface area (Å²) in [6.07, 6.45) is 0. The van der Waals surface area contributed by atoms with Crippen LogP contribution >= 0.6 is 11.6 Å². The number of carbonyl (C=O) groups is 2. The summed E-state index contributed by atoms with van der Waals surface area (Å²) >= 11 is 5.87. The molecule has 6 heteroatoms. The molecule has 1 aromatic carbocycles. The number of hydrogen-bond donors (Lipinski definition) is 2. The Morgan fingerprint density at radius 3 is 2.65 bits per heavy atom. The van der Waals surface area contributed by atoms with Gasteiger partial charge in [-0.2, -0.15) is 0 Å². The second-order valence-corrected chi connectivity index (χ2v) is 3.68. The lowest BCUT2D eigenvalue weighted by molar-refractivity contribution is -0.135. The van der Waals surface area contributed by atoms with Crippen molar-refractivity contribution in [2.75, 3.05) is 20.2 Å². The smallest absolute Gasteiger partial charge is 0.317 e. The van der Waals surface area contributed by atoms with E-state index in [0.29, 0.717) is 16.3 Å². The van der Waals surface area contributed by atoms with Gasteiger partial charge in [-0.05, 0) is 18.2 Å². The summed E-state index contributed by atoms with van der Waals surface area (Å²) in [4.78, 5) is 21.9. The zero-order chi connectivity index (χ0) is 12.8. The molecule has 1 rings (SSSR count). The molecule has 92 valence electrons. The van der Waals surface area contributed by atoms with Crippen molar-refractivity contribution in [2.45, 2.75) is 0 Å². The van der Waals surface area contributed by atoms with Crippen LogP contribution in [0.2, 0.25) is 5.02 Å². The number of ether oxygens (including phenoxy) is 1. The number of aliphatic carboxylic acids is 1. The van der Waals surface area contributed by atoms with E-state index < -0.39 is 5.97 Å². The molecule has 0 aliphatic rings. The number of Topliss-reactive ketones (excluding diaryl/α,β-unsaturated/α-hetero) is 1. The summed E-state index contributed by atoms with van der Waals surface area (Å²) in [7, 11) is 1.48. The lowest BCUT2D eigenvalue weighted by atomic mass is 10.1. The summed E-state index contributed by atoms with van der Waals surface area (Å²) in [5.74, 6) is -0.747. The average Bonchev–Trinajstić information content (AvgIpc) is 2.28. The molecule has 0 atom stereocenters. The molecule has 0 heterocycles. The minimum absolute atomic E-state index is 0.0467. The number of halogens is 1. The zero-order valence-electron chi connectivity index (χ0n) is 9.20. The van der Waals surface area contributed by atoms with Crippen molar-refractivity contribution >= 4 is 23.4 Å². The third-order valence-corrected chi connectivity index (χ3v) is 2.33. The number of ketones is 1. The van der Waals surface area contributed by atoms with Crippen molar-refractivity contribution in [1.82, 2.24) is 5.32 Å². The van der Waals surface area contributed by atoms with Crippen molar-refractivity contribution in [2.24, 2.45) is 0 Å². The fourth-order valence-corrected chi connectivity index (χ4v) is 1.48. The minimum atomic E-state index is -1.01. The molecular weight excluding hydrogens is 246 g/mol. The number of methoxy groups -OCH3 is 1. The van der Waals surface area contributed by atoms with E-state index in [2.05, 4.69) is 5.32 Å². The summed E-state index contributed by atoms with van der Waals surface area (Å²) < 4.78 is 4.96. The summed E-state index contributed by atoms with van der Waals surface area (Å²) in [5.41, 5.74) is 0.411. The van der Waals surface area contributed by atoms with Gasteiger partial charge < -0.3 is 9.84 Å². The van der Waals surface area contributed by atoms with Gasteiger partial charge in [0.25, 0.3) is 0 Å². The van der Waals surface area contributed by atoms with E-state index in [1.54, 1.807) is 12.1 Å². The van der Waals surface area contributed by atoms with E-state index in [-0.39, 0.29) is 18.9 Å². The maximum Gasteiger partial charge on any atom is 0.317 e. The summed E-state index contributed by atoms with van der Waals surface area (Å²) in [6, 6.07) is 4.66. The van der Waals surface area contributed by atoms with Gasteiger partial charge in [0.05, 0.1) is 25.2 Å². The molecule has 0 spiro atoms. The predicted molar refractivity (Wildman–Crippen MR) is 62.8 cm³/mol. The number of nitrogens with one attached hydrogen (secondary N) is 1. The lowest BCUT2D eigenvalue weighted by Crippen LogP contribution is -2.28. The Bertz CT molecular complexity index is 433. The van der Waals surface area contributed by atoms with Gasteiger partial charge in [-0.25, -0.2) is 0 Å². The molecule has 0 radical (unpaired) electrons. The van der Waals surface area contributed by atoms with Gasteiger partial charge in [0.1, 0.15) is 5.75 Å². The maximum absolute atomic E-state index is 11.6. The minimum Gasteiger partial charge on any atom is -0.495 e. The van der Waals surface area contributed by atoms with Gasteiger partial charge in [-0.1, -0.05) is 11.6 Å². The normalized spacial score (nSPS) is 10.0. The van der Waals surface area contributed by atoms with Crippen LogP contribution in [-0.2, 0) is 4.79 Å². The molecule has 0 aromatic heterocycles. The van der Waals surface area contributed by atoms with Crippen molar-refractivity contribution in [1.29, 1.82) is 0 Å². The van der Waals surface area contributed by atoms with E-state index in [0.717, 1.165) is 0 Å². The molecule has 0 amide bonds. The Morgan fingerprint density at radius 1 is 1.41 bits per heavy atom. The first kappa shape index (κ1) is 13.5. The maximum atomic E-state index is 11.6. The number of carboxylic acids is 1. The SMILES string of the molecule is COc1ccc(C(=O)CNCC(=O)O)cc1Cl. The van der Waals surface area contributed by atoms with Crippen molar-refractivity contribution in [3.8, 4) is 5.75 Å². The highest BCUT2D eigenvalue weighted by molar-refractivity contribution is 6.32.